The smallest absolute Gasteiger partial charge is 0.159 e. The van der Waals surface area contributed by atoms with Gasteiger partial charge in [0.25, 0.3) is 0 Å². The Morgan fingerprint density at radius 2 is 1.88 bits per heavy atom. The third-order valence-electron chi connectivity index (χ3n) is 3.78. The van der Waals surface area contributed by atoms with Crippen molar-refractivity contribution in [1.82, 2.24) is 4.90 Å². The summed E-state index contributed by atoms with van der Waals surface area (Å²) in [6, 6.07) is 4.82. The molecule has 1 heterocycles. The number of likely N-dealkylation sites (tertiary alicyclic amines) is 1. The van der Waals surface area contributed by atoms with Crippen LogP contribution in [0.15, 0.2) is 18.2 Å². The molecule has 1 aromatic carbocycles. The first kappa shape index (κ1) is 11.1. The number of nitrogens with two attached hydrogens (primary N) is 1. The molecular weight excluding hydrogens is 222 g/mol. The Morgan fingerprint density at radius 3 is 2.53 bits per heavy atom. The largest absolute Gasteiger partial charge is 0.326 e. The van der Waals surface area contributed by atoms with E-state index in [0.29, 0.717) is 6.04 Å². The Morgan fingerprint density at radius 1 is 1.12 bits per heavy atom. The lowest BCUT2D eigenvalue weighted by Crippen LogP contribution is -2.33. The number of hydrogen-bond donors (Lipinski definition) is 1. The molecule has 1 aromatic rings. The molecule has 2 aliphatic rings. The van der Waals surface area contributed by atoms with E-state index in [1.54, 1.807) is 6.07 Å². The van der Waals surface area contributed by atoms with Crippen LogP contribution in [0.5, 0.6) is 0 Å². The summed E-state index contributed by atoms with van der Waals surface area (Å²) in [5, 5.41) is 0. The van der Waals surface area contributed by atoms with Gasteiger partial charge in [-0.05, 0) is 37.0 Å². The van der Waals surface area contributed by atoms with Gasteiger partial charge >= 0.3 is 0 Å². The van der Waals surface area contributed by atoms with Crippen molar-refractivity contribution in [2.24, 2.45) is 5.73 Å². The third-order valence-corrected chi connectivity index (χ3v) is 3.78. The van der Waals surface area contributed by atoms with Gasteiger partial charge in [-0.25, -0.2) is 8.78 Å². The van der Waals surface area contributed by atoms with E-state index in [9.17, 15) is 8.78 Å². The Bertz CT molecular complexity index is 431. The normalized spacial score (nSPS) is 29.8. The van der Waals surface area contributed by atoms with Crippen LogP contribution in [0.2, 0.25) is 0 Å². The summed E-state index contributed by atoms with van der Waals surface area (Å²) in [5.74, 6) is -1.57. The van der Waals surface area contributed by atoms with Crippen molar-refractivity contribution in [2.45, 2.75) is 37.4 Å². The minimum Gasteiger partial charge on any atom is -0.326 e. The standard InChI is InChI=1S/C13H16F2N2/c14-10-4-1-8(7-11(10)15)13-12(16)5-6-17(13)9-2-3-9/h1,4,7,9,12-13H,2-3,5-6,16H2/t12-,13-/m0/s1. The van der Waals surface area contributed by atoms with Crippen LogP contribution < -0.4 is 5.73 Å². The van der Waals surface area contributed by atoms with Gasteiger partial charge in [0.15, 0.2) is 11.6 Å². The van der Waals surface area contributed by atoms with Gasteiger partial charge in [0, 0.05) is 18.6 Å². The molecule has 92 valence electrons. The average Bonchev–Trinajstić information content (AvgIpc) is 3.07. The molecule has 1 saturated carbocycles. The van der Waals surface area contributed by atoms with Crippen molar-refractivity contribution in [3.05, 3.63) is 35.4 Å². The van der Waals surface area contributed by atoms with Gasteiger partial charge in [-0.2, -0.15) is 0 Å². The van der Waals surface area contributed by atoms with Gasteiger partial charge in [0.05, 0.1) is 6.04 Å². The Balaban J connectivity index is 1.91. The van der Waals surface area contributed by atoms with E-state index < -0.39 is 11.6 Å². The molecular formula is C13H16F2N2. The van der Waals surface area contributed by atoms with Crippen LogP contribution >= 0.6 is 0 Å². The molecule has 0 radical (unpaired) electrons. The molecule has 2 fully saturated rings. The van der Waals surface area contributed by atoms with Crippen molar-refractivity contribution in [2.75, 3.05) is 6.54 Å². The van der Waals surface area contributed by atoms with Gasteiger partial charge in [-0.1, -0.05) is 6.07 Å². The van der Waals surface area contributed by atoms with Crippen molar-refractivity contribution in [3.63, 3.8) is 0 Å². The van der Waals surface area contributed by atoms with Crippen molar-refractivity contribution >= 4 is 0 Å². The second-order valence-electron chi connectivity index (χ2n) is 5.04. The molecule has 0 amide bonds. The minimum atomic E-state index is -0.793. The molecule has 3 rings (SSSR count). The van der Waals surface area contributed by atoms with E-state index in [0.717, 1.165) is 18.5 Å². The summed E-state index contributed by atoms with van der Waals surface area (Å²) in [4.78, 5) is 2.34. The Labute approximate surface area is 99.4 Å². The lowest BCUT2D eigenvalue weighted by Gasteiger charge is -2.27. The van der Waals surface area contributed by atoms with Crippen molar-refractivity contribution in [3.8, 4) is 0 Å². The zero-order valence-corrected chi connectivity index (χ0v) is 9.57. The summed E-state index contributed by atoms with van der Waals surface area (Å²) in [5.41, 5.74) is 6.90. The molecule has 2 N–H and O–H groups in total. The second kappa shape index (κ2) is 4.03. The van der Waals surface area contributed by atoms with Crippen LogP contribution in [0.3, 0.4) is 0 Å². The zero-order valence-electron chi connectivity index (χ0n) is 9.57. The number of halogens is 2. The van der Waals surface area contributed by atoms with Crippen LogP contribution in [0, 0.1) is 11.6 Å². The SMILES string of the molecule is N[C@H]1CCN(C2CC2)[C@H]1c1ccc(F)c(F)c1. The number of nitrogens with zero attached hydrogens (tertiary/aromatic N) is 1. The zero-order chi connectivity index (χ0) is 12.0. The highest BCUT2D eigenvalue weighted by molar-refractivity contribution is 5.25. The fourth-order valence-corrected chi connectivity index (χ4v) is 2.79. The van der Waals surface area contributed by atoms with E-state index in [1.165, 1.54) is 25.0 Å². The van der Waals surface area contributed by atoms with Gasteiger partial charge in [-0.15, -0.1) is 0 Å². The highest BCUT2D eigenvalue weighted by atomic mass is 19.2. The quantitative estimate of drug-likeness (QED) is 0.855. The molecule has 0 unspecified atom stereocenters. The van der Waals surface area contributed by atoms with E-state index in [2.05, 4.69) is 4.90 Å². The summed E-state index contributed by atoms with van der Waals surface area (Å²) in [7, 11) is 0. The molecule has 2 nitrogen and oxygen atoms in total. The first-order valence-corrected chi connectivity index (χ1v) is 6.13. The Hall–Kier alpha value is -1.00. The van der Waals surface area contributed by atoms with Crippen LogP contribution in [-0.2, 0) is 0 Å². The lowest BCUT2D eigenvalue weighted by atomic mass is 10.0. The number of rotatable bonds is 2. The van der Waals surface area contributed by atoms with E-state index in [4.69, 9.17) is 5.73 Å². The summed E-state index contributed by atoms with van der Waals surface area (Å²) in [6.07, 6.45) is 3.33. The molecule has 0 spiro atoms. The second-order valence-corrected chi connectivity index (χ2v) is 5.04. The van der Waals surface area contributed by atoms with Gasteiger partial charge in [0.2, 0.25) is 0 Å². The maximum absolute atomic E-state index is 13.3. The molecule has 1 aliphatic carbocycles. The molecule has 2 atom stereocenters. The summed E-state index contributed by atoms with van der Waals surface area (Å²) >= 11 is 0. The van der Waals surface area contributed by atoms with Gasteiger partial charge < -0.3 is 5.73 Å². The third kappa shape index (κ3) is 1.96. The monoisotopic (exact) mass is 238 g/mol. The van der Waals surface area contributed by atoms with Crippen LogP contribution in [0.4, 0.5) is 8.78 Å². The highest BCUT2D eigenvalue weighted by Gasteiger charge is 2.41. The van der Waals surface area contributed by atoms with E-state index >= 15 is 0 Å². The number of hydrogen-bond acceptors (Lipinski definition) is 2. The average molecular weight is 238 g/mol. The highest BCUT2D eigenvalue weighted by Crippen LogP contribution is 2.40. The molecule has 0 bridgehead atoms. The first-order valence-electron chi connectivity index (χ1n) is 6.13. The van der Waals surface area contributed by atoms with Crippen molar-refractivity contribution < 1.29 is 8.78 Å². The van der Waals surface area contributed by atoms with Gasteiger partial charge in [0.1, 0.15) is 0 Å². The van der Waals surface area contributed by atoms with E-state index in [1.807, 2.05) is 0 Å². The van der Waals surface area contributed by atoms with Crippen LogP contribution in [0.25, 0.3) is 0 Å². The van der Waals surface area contributed by atoms with Crippen LogP contribution in [0.1, 0.15) is 30.9 Å². The lowest BCUT2D eigenvalue weighted by molar-refractivity contribution is 0.236. The minimum absolute atomic E-state index is 0.0282. The molecule has 1 saturated heterocycles. The molecule has 17 heavy (non-hydrogen) atoms. The topological polar surface area (TPSA) is 29.3 Å². The molecule has 0 aromatic heterocycles. The van der Waals surface area contributed by atoms with Crippen LogP contribution in [-0.4, -0.2) is 23.5 Å². The molecule has 1 aliphatic heterocycles. The fourth-order valence-electron chi connectivity index (χ4n) is 2.79. The summed E-state index contributed by atoms with van der Waals surface area (Å²) in [6.45, 7) is 0.968. The maximum Gasteiger partial charge on any atom is 0.159 e. The molecule has 4 heteroatoms. The predicted octanol–water partition coefficient (Wildman–Crippen LogP) is 2.20. The summed E-state index contributed by atoms with van der Waals surface area (Å²) < 4.78 is 26.2. The Kier molecular flexibility index (Phi) is 2.64. The van der Waals surface area contributed by atoms with Crippen molar-refractivity contribution in [1.29, 1.82) is 0 Å². The first-order chi connectivity index (χ1) is 8.16. The number of benzene rings is 1. The van der Waals surface area contributed by atoms with E-state index in [-0.39, 0.29) is 12.1 Å². The maximum atomic E-state index is 13.3. The van der Waals surface area contributed by atoms with Gasteiger partial charge in [-0.3, -0.25) is 4.90 Å². The fraction of sp³-hybridized carbons (Fsp3) is 0.538. The predicted molar refractivity (Wildman–Crippen MR) is 61.4 cm³/mol.